The van der Waals surface area contributed by atoms with Crippen LogP contribution in [0.3, 0.4) is 0 Å². The van der Waals surface area contributed by atoms with Gasteiger partial charge in [0, 0.05) is 6.20 Å². The van der Waals surface area contributed by atoms with E-state index in [1.165, 1.54) is 6.07 Å². The number of alkyl halides is 2. The Labute approximate surface area is 77.5 Å². The van der Waals surface area contributed by atoms with Crippen molar-refractivity contribution >= 4 is 17.5 Å². The maximum absolute atomic E-state index is 12.2. The molecule has 0 fully saturated rings. The van der Waals surface area contributed by atoms with E-state index in [0.717, 1.165) is 6.20 Å². The van der Waals surface area contributed by atoms with Gasteiger partial charge < -0.3 is 5.73 Å². The summed E-state index contributed by atoms with van der Waals surface area (Å²) < 4.78 is 24.3. The number of aromatic nitrogens is 1. The van der Waals surface area contributed by atoms with Crippen LogP contribution in [0, 0.1) is 0 Å². The summed E-state index contributed by atoms with van der Waals surface area (Å²) in [7, 11) is 0. The summed E-state index contributed by atoms with van der Waals surface area (Å²) in [4.78, 5) is 14.0. The zero-order chi connectivity index (χ0) is 10.0. The van der Waals surface area contributed by atoms with Crippen molar-refractivity contribution in [1.29, 1.82) is 0 Å². The van der Waals surface area contributed by atoms with Gasteiger partial charge >= 0.3 is 0 Å². The molecule has 1 amide bonds. The topological polar surface area (TPSA) is 56.0 Å². The number of nitrogens with zero attached hydrogens (tertiary/aromatic N) is 1. The summed E-state index contributed by atoms with van der Waals surface area (Å²) in [5.41, 5.74) is 4.11. The fraction of sp³-hybridized carbons (Fsp3) is 0.143. The van der Waals surface area contributed by atoms with Crippen molar-refractivity contribution in [2.24, 2.45) is 5.73 Å². The maximum atomic E-state index is 12.2. The second kappa shape index (κ2) is 3.66. The van der Waals surface area contributed by atoms with Gasteiger partial charge in [0.1, 0.15) is 5.69 Å². The molecule has 3 nitrogen and oxygen atoms in total. The van der Waals surface area contributed by atoms with Gasteiger partial charge in [0.2, 0.25) is 5.91 Å². The van der Waals surface area contributed by atoms with E-state index in [4.69, 9.17) is 17.3 Å². The SMILES string of the molecule is NC(=O)c1ccnc(C(F)F)c1Cl. The van der Waals surface area contributed by atoms with Crippen LogP contribution in [0.25, 0.3) is 0 Å². The monoisotopic (exact) mass is 206 g/mol. The van der Waals surface area contributed by atoms with E-state index in [-0.39, 0.29) is 10.6 Å². The van der Waals surface area contributed by atoms with Crippen LogP contribution >= 0.6 is 11.6 Å². The molecule has 0 aromatic carbocycles. The van der Waals surface area contributed by atoms with E-state index < -0.39 is 18.0 Å². The van der Waals surface area contributed by atoms with Crippen LogP contribution in [-0.2, 0) is 0 Å². The number of halogens is 3. The molecule has 6 heteroatoms. The minimum atomic E-state index is -2.81. The van der Waals surface area contributed by atoms with Gasteiger partial charge in [-0.1, -0.05) is 11.6 Å². The van der Waals surface area contributed by atoms with Crippen molar-refractivity contribution in [3.8, 4) is 0 Å². The van der Waals surface area contributed by atoms with Crippen molar-refractivity contribution in [2.75, 3.05) is 0 Å². The molecule has 0 saturated heterocycles. The summed E-state index contributed by atoms with van der Waals surface area (Å²) in [6, 6.07) is 1.19. The van der Waals surface area contributed by atoms with Crippen molar-refractivity contribution in [3.05, 3.63) is 28.5 Å². The summed E-state index contributed by atoms with van der Waals surface area (Å²) in [5.74, 6) is -0.852. The molecular formula is C7H5ClF2N2O. The Morgan fingerprint density at radius 2 is 2.23 bits per heavy atom. The first-order chi connectivity index (χ1) is 6.04. The van der Waals surface area contributed by atoms with Gasteiger partial charge in [-0.25, -0.2) is 8.78 Å². The van der Waals surface area contributed by atoms with Gasteiger partial charge in [-0.2, -0.15) is 0 Å². The molecule has 0 aliphatic heterocycles. The number of rotatable bonds is 2. The zero-order valence-electron chi connectivity index (χ0n) is 6.30. The Balaban J connectivity index is 3.26. The lowest BCUT2D eigenvalue weighted by atomic mass is 10.2. The highest BCUT2D eigenvalue weighted by molar-refractivity contribution is 6.34. The van der Waals surface area contributed by atoms with Crippen LogP contribution in [0.15, 0.2) is 12.3 Å². The van der Waals surface area contributed by atoms with Crippen LogP contribution in [0.4, 0.5) is 8.78 Å². The lowest BCUT2D eigenvalue weighted by Crippen LogP contribution is -2.12. The van der Waals surface area contributed by atoms with Crippen molar-refractivity contribution in [1.82, 2.24) is 4.98 Å². The molecular weight excluding hydrogens is 202 g/mol. The van der Waals surface area contributed by atoms with E-state index in [2.05, 4.69) is 4.98 Å². The smallest absolute Gasteiger partial charge is 0.281 e. The standard InChI is InChI=1S/C7H5ClF2N2O/c8-4-3(7(11)13)1-2-12-5(4)6(9)10/h1-2,6H,(H2,11,13). The molecule has 1 heterocycles. The Kier molecular flexibility index (Phi) is 2.77. The predicted octanol–water partition coefficient (Wildman–Crippen LogP) is 1.77. The van der Waals surface area contributed by atoms with Crippen LogP contribution < -0.4 is 5.73 Å². The number of carbonyl (C=O) groups excluding carboxylic acids is 1. The molecule has 0 saturated carbocycles. The van der Waals surface area contributed by atoms with Crippen LogP contribution in [0.1, 0.15) is 22.5 Å². The summed E-state index contributed by atoms with van der Waals surface area (Å²) in [5, 5.41) is -0.384. The Bertz CT molecular complexity index is 343. The molecule has 70 valence electrons. The lowest BCUT2D eigenvalue weighted by molar-refractivity contribution is 0.0999. The van der Waals surface area contributed by atoms with E-state index in [1.807, 2.05) is 0 Å². The summed E-state index contributed by atoms with van der Waals surface area (Å²) >= 11 is 5.46. The average Bonchev–Trinajstić information content (AvgIpc) is 2.03. The van der Waals surface area contributed by atoms with E-state index in [1.54, 1.807) is 0 Å². The van der Waals surface area contributed by atoms with Gasteiger partial charge in [0.25, 0.3) is 6.43 Å². The van der Waals surface area contributed by atoms with Crippen molar-refractivity contribution in [3.63, 3.8) is 0 Å². The van der Waals surface area contributed by atoms with Crippen LogP contribution in [-0.4, -0.2) is 10.9 Å². The maximum Gasteiger partial charge on any atom is 0.281 e. The molecule has 0 radical (unpaired) electrons. The fourth-order valence-electron chi connectivity index (χ4n) is 0.802. The molecule has 0 atom stereocenters. The molecule has 2 N–H and O–H groups in total. The number of carbonyl (C=O) groups is 1. The van der Waals surface area contributed by atoms with E-state index >= 15 is 0 Å². The second-order valence-corrected chi connectivity index (χ2v) is 2.60. The quantitative estimate of drug-likeness (QED) is 0.802. The van der Waals surface area contributed by atoms with Gasteiger partial charge in [0.15, 0.2) is 0 Å². The highest BCUT2D eigenvalue weighted by Crippen LogP contribution is 2.27. The predicted molar refractivity (Wildman–Crippen MR) is 42.7 cm³/mol. The number of pyridine rings is 1. The first-order valence-corrected chi connectivity index (χ1v) is 3.64. The molecule has 0 bridgehead atoms. The van der Waals surface area contributed by atoms with E-state index in [0.29, 0.717) is 0 Å². The molecule has 0 aliphatic carbocycles. The molecule has 0 spiro atoms. The Morgan fingerprint density at radius 3 is 2.69 bits per heavy atom. The fourth-order valence-corrected chi connectivity index (χ4v) is 1.09. The number of hydrogen-bond acceptors (Lipinski definition) is 2. The minimum absolute atomic E-state index is 0.146. The largest absolute Gasteiger partial charge is 0.366 e. The third kappa shape index (κ3) is 1.92. The van der Waals surface area contributed by atoms with Gasteiger partial charge in [-0.15, -0.1) is 0 Å². The van der Waals surface area contributed by atoms with Crippen molar-refractivity contribution in [2.45, 2.75) is 6.43 Å². The molecule has 1 rings (SSSR count). The number of primary amides is 1. The van der Waals surface area contributed by atoms with Gasteiger partial charge in [-0.05, 0) is 6.07 Å². The summed E-state index contributed by atoms with van der Waals surface area (Å²) in [6.07, 6.45) is -1.75. The third-order valence-electron chi connectivity index (χ3n) is 1.39. The number of nitrogens with two attached hydrogens (primary N) is 1. The molecule has 0 aliphatic rings. The highest BCUT2D eigenvalue weighted by Gasteiger charge is 2.18. The molecule has 1 aromatic heterocycles. The van der Waals surface area contributed by atoms with E-state index in [9.17, 15) is 13.6 Å². The Morgan fingerprint density at radius 1 is 1.62 bits per heavy atom. The lowest BCUT2D eigenvalue weighted by Gasteiger charge is -2.04. The first-order valence-electron chi connectivity index (χ1n) is 3.26. The number of amides is 1. The van der Waals surface area contributed by atoms with Gasteiger partial charge in [-0.3, -0.25) is 9.78 Å². The summed E-state index contributed by atoms with van der Waals surface area (Å²) in [6.45, 7) is 0. The second-order valence-electron chi connectivity index (χ2n) is 2.22. The first kappa shape index (κ1) is 9.85. The number of hydrogen-bond donors (Lipinski definition) is 1. The molecule has 1 aromatic rings. The van der Waals surface area contributed by atoms with Crippen LogP contribution in [0.2, 0.25) is 5.02 Å². The van der Waals surface area contributed by atoms with Crippen LogP contribution in [0.5, 0.6) is 0 Å². The van der Waals surface area contributed by atoms with Gasteiger partial charge in [0.05, 0.1) is 10.6 Å². The molecule has 0 unspecified atom stereocenters. The third-order valence-corrected chi connectivity index (χ3v) is 1.79. The average molecular weight is 207 g/mol. The molecule has 13 heavy (non-hydrogen) atoms. The highest BCUT2D eigenvalue weighted by atomic mass is 35.5. The zero-order valence-corrected chi connectivity index (χ0v) is 7.05. The minimum Gasteiger partial charge on any atom is -0.366 e. The Hall–Kier alpha value is -1.23. The normalized spacial score (nSPS) is 10.5. The van der Waals surface area contributed by atoms with Crippen molar-refractivity contribution < 1.29 is 13.6 Å².